The fourth-order valence-electron chi connectivity index (χ4n) is 1.35. The maximum Gasteiger partial charge on any atom is 0.244 e. The van der Waals surface area contributed by atoms with Crippen LogP contribution in [0.25, 0.3) is 0 Å². The smallest absolute Gasteiger partial charge is 0.244 e. The molecule has 0 fully saturated rings. The van der Waals surface area contributed by atoms with E-state index in [0.29, 0.717) is 18.8 Å². The van der Waals surface area contributed by atoms with Crippen LogP contribution >= 0.6 is 11.8 Å². The molecule has 1 rings (SSSR count). The lowest BCUT2D eigenvalue weighted by atomic mass is 10.2. The maximum atomic E-state index is 12.3. The lowest BCUT2D eigenvalue weighted by Crippen LogP contribution is -2.36. The van der Waals surface area contributed by atoms with Crippen molar-refractivity contribution in [3.05, 3.63) is 18.5 Å². The third-order valence-electron chi connectivity index (χ3n) is 2.68. The van der Waals surface area contributed by atoms with Crippen molar-refractivity contribution in [2.24, 2.45) is 0 Å². The lowest BCUT2D eigenvalue weighted by molar-refractivity contribution is 0.570. The normalized spacial score (nSPS) is 12.4. The van der Waals surface area contributed by atoms with Crippen LogP contribution in [0.3, 0.4) is 0 Å². The van der Waals surface area contributed by atoms with Gasteiger partial charge in [-0.2, -0.15) is 11.8 Å². The van der Waals surface area contributed by atoms with E-state index in [1.807, 2.05) is 27.0 Å². The standard InChI is InChI=1S/C12H21N3O2S2/c1-5-14-10-6-7-13-8-11(10)19(16,17)15-9-12(2,3)18-4/h6-8,15H,5,9H2,1-4H3,(H,13,14). The van der Waals surface area contributed by atoms with Crippen molar-refractivity contribution in [2.75, 3.05) is 24.7 Å². The first-order valence-electron chi connectivity index (χ1n) is 6.05. The minimum Gasteiger partial charge on any atom is -0.384 e. The molecule has 19 heavy (non-hydrogen) atoms. The zero-order valence-corrected chi connectivity index (χ0v) is 13.4. The second kappa shape index (κ2) is 6.58. The van der Waals surface area contributed by atoms with Crippen LogP contribution in [0, 0.1) is 0 Å². The Labute approximate surface area is 119 Å². The third kappa shape index (κ3) is 4.67. The summed E-state index contributed by atoms with van der Waals surface area (Å²) in [4.78, 5) is 4.08. The molecular formula is C12H21N3O2S2. The Bertz CT molecular complexity index is 515. The second-order valence-corrected chi connectivity index (χ2v) is 7.94. The molecule has 0 saturated carbocycles. The van der Waals surface area contributed by atoms with Gasteiger partial charge in [-0.15, -0.1) is 0 Å². The van der Waals surface area contributed by atoms with Gasteiger partial charge >= 0.3 is 0 Å². The molecule has 7 heteroatoms. The van der Waals surface area contributed by atoms with E-state index >= 15 is 0 Å². The summed E-state index contributed by atoms with van der Waals surface area (Å²) in [5, 5.41) is 3.03. The summed E-state index contributed by atoms with van der Waals surface area (Å²) >= 11 is 1.62. The molecule has 0 spiro atoms. The third-order valence-corrected chi connectivity index (χ3v) is 5.36. The average molecular weight is 303 g/mol. The van der Waals surface area contributed by atoms with E-state index in [-0.39, 0.29) is 9.64 Å². The highest BCUT2D eigenvalue weighted by Crippen LogP contribution is 2.23. The average Bonchev–Trinajstić information content (AvgIpc) is 2.38. The Hall–Kier alpha value is -0.790. The number of pyridine rings is 1. The number of rotatable bonds is 7. The number of thioether (sulfide) groups is 1. The molecule has 0 saturated heterocycles. The number of anilines is 1. The molecule has 108 valence electrons. The quantitative estimate of drug-likeness (QED) is 0.805. The van der Waals surface area contributed by atoms with Crippen LogP contribution in [0.4, 0.5) is 5.69 Å². The molecule has 0 bridgehead atoms. The van der Waals surface area contributed by atoms with Gasteiger partial charge in [0.15, 0.2) is 0 Å². The summed E-state index contributed by atoms with van der Waals surface area (Å²) in [6.45, 7) is 6.93. The van der Waals surface area contributed by atoms with E-state index in [1.54, 1.807) is 24.0 Å². The number of hydrogen-bond donors (Lipinski definition) is 2. The van der Waals surface area contributed by atoms with E-state index in [1.165, 1.54) is 6.20 Å². The minimum atomic E-state index is -3.54. The molecule has 2 N–H and O–H groups in total. The Kier molecular flexibility index (Phi) is 5.64. The summed E-state index contributed by atoms with van der Waals surface area (Å²) in [5.74, 6) is 0. The van der Waals surface area contributed by atoms with E-state index in [4.69, 9.17) is 0 Å². The Morgan fingerprint density at radius 1 is 1.42 bits per heavy atom. The topological polar surface area (TPSA) is 71.1 Å². The summed E-state index contributed by atoms with van der Waals surface area (Å²) in [5.41, 5.74) is 0.576. The van der Waals surface area contributed by atoms with E-state index in [2.05, 4.69) is 15.0 Å². The minimum absolute atomic E-state index is 0.145. The SMILES string of the molecule is CCNc1ccncc1S(=O)(=O)NCC(C)(C)SC. The molecule has 0 aliphatic rings. The van der Waals surface area contributed by atoms with Crippen LogP contribution in [0.1, 0.15) is 20.8 Å². The maximum absolute atomic E-state index is 12.3. The Balaban J connectivity index is 2.95. The molecule has 0 aliphatic heterocycles. The number of nitrogens with zero attached hydrogens (tertiary/aromatic N) is 1. The van der Waals surface area contributed by atoms with Crippen molar-refractivity contribution in [1.82, 2.24) is 9.71 Å². The van der Waals surface area contributed by atoms with Crippen LogP contribution in [0.2, 0.25) is 0 Å². The highest BCUT2D eigenvalue weighted by molar-refractivity contribution is 8.00. The summed E-state index contributed by atoms with van der Waals surface area (Å²) in [6, 6.07) is 1.66. The van der Waals surface area contributed by atoms with Crippen LogP contribution in [-0.4, -0.2) is 37.5 Å². The fourth-order valence-corrected chi connectivity index (χ4v) is 2.99. The van der Waals surface area contributed by atoms with Crippen LogP contribution in [-0.2, 0) is 10.0 Å². The Morgan fingerprint density at radius 3 is 2.68 bits per heavy atom. The predicted octanol–water partition coefficient (Wildman–Crippen LogP) is 1.93. The number of sulfonamides is 1. The van der Waals surface area contributed by atoms with Gasteiger partial charge in [0.2, 0.25) is 10.0 Å². The number of aromatic nitrogens is 1. The molecular weight excluding hydrogens is 282 g/mol. The van der Waals surface area contributed by atoms with Gasteiger partial charge in [-0.05, 0) is 33.1 Å². The van der Waals surface area contributed by atoms with Crippen molar-refractivity contribution in [1.29, 1.82) is 0 Å². The summed E-state index contributed by atoms with van der Waals surface area (Å²) in [7, 11) is -3.54. The highest BCUT2D eigenvalue weighted by atomic mass is 32.2. The van der Waals surface area contributed by atoms with Gasteiger partial charge < -0.3 is 5.32 Å². The first-order chi connectivity index (χ1) is 8.82. The molecule has 1 aromatic rings. The monoisotopic (exact) mass is 303 g/mol. The molecule has 0 unspecified atom stereocenters. The second-order valence-electron chi connectivity index (χ2n) is 4.69. The molecule has 1 aromatic heterocycles. The molecule has 0 aliphatic carbocycles. The van der Waals surface area contributed by atoms with Gasteiger partial charge in [-0.1, -0.05) is 0 Å². The summed E-state index contributed by atoms with van der Waals surface area (Å²) in [6.07, 6.45) is 4.90. The fraction of sp³-hybridized carbons (Fsp3) is 0.583. The van der Waals surface area contributed by atoms with Crippen molar-refractivity contribution in [3.8, 4) is 0 Å². The van der Waals surface area contributed by atoms with Crippen molar-refractivity contribution in [3.63, 3.8) is 0 Å². The van der Waals surface area contributed by atoms with Gasteiger partial charge in [0, 0.05) is 30.2 Å². The molecule has 1 heterocycles. The first-order valence-corrected chi connectivity index (χ1v) is 8.76. The largest absolute Gasteiger partial charge is 0.384 e. The van der Waals surface area contributed by atoms with Gasteiger partial charge in [-0.3, -0.25) is 4.98 Å². The number of nitrogens with one attached hydrogen (secondary N) is 2. The Morgan fingerprint density at radius 2 is 2.11 bits per heavy atom. The lowest BCUT2D eigenvalue weighted by Gasteiger charge is -2.22. The van der Waals surface area contributed by atoms with Gasteiger partial charge in [0.25, 0.3) is 0 Å². The highest BCUT2D eigenvalue weighted by Gasteiger charge is 2.23. The van der Waals surface area contributed by atoms with E-state index in [0.717, 1.165) is 0 Å². The van der Waals surface area contributed by atoms with Crippen LogP contribution < -0.4 is 10.0 Å². The first kappa shape index (κ1) is 16.3. The van der Waals surface area contributed by atoms with Crippen LogP contribution in [0.5, 0.6) is 0 Å². The molecule has 0 radical (unpaired) electrons. The molecule has 0 aromatic carbocycles. The van der Waals surface area contributed by atoms with Crippen LogP contribution in [0.15, 0.2) is 23.4 Å². The van der Waals surface area contributed by atoms with E-state index < -0.39 is 10.0 Å². The van der Waals surface area contributed by atoms with Crippen molar-refractivity contribution >= 4 is 27.5 Å². The zero-order valence-electron chi connectivity index (χ0n) is 11.7. The van der Waals surface area contributed by atoms with Gasteiger partial charge in [0.05, 0.1) is 5.69 Å². The van der Waals surface area contributed by atoms with Gasteiger partial charge in [0.1, 0.15) is 4.90 Å². The van der Waals surface area contributed by atoms with Crippen molar-refractivity contribution in [2.45, 2.75) is 30.4 Å². The molecule has 5 nitrogen and oxygen atoms in total. The number of hydrogen-bond acceptors (Lipinski definition) is 5. The predicted molar refractivity (Wildman–Crippen MR) is 81.2 cm³/mol. The van der Waals surface area contributed by atoms with E-state index in [9.17, 15) is 8.42 Å². The molecule has 0 amide bonds. The summed E-state index contributed by atoms with van der Waals surface area (Å²) < 4.78 is 27.1. The zero-order chi connectivity index (χ0) is 14.5. The van der Waals surface area contributed by atoms with Gasteiger partial charge in [-0.25, -0.2) is 13.1 Å². The van der Waals surface area contributed by atoms with Crippen molar-refractivity contribution < 1.29 is 8.42 Å². The molecule has 0 atom stereocenters.